The normalized spacial score (nSPS) is 13.2. The molecule has 4 heteroatoms. The van der Waals surface area contributed by atoms with Crippen LogP contribution in [0.4, 0.5) is 5.82 Å². The molecule has 100 valence electrons. The van der Waals surface area contributed by atoms with Gasteiger partial charge in [0.05, 0.1) is 18.2 Å². The number of anilines is 1. The summed E-state index contributed by atoms with van der Waals surface area (Å²) < 4.78 is 0. The van der Waals surface area contributed by atoms with E-state index >= 15 is 0 Å². The van der Waals surface area contributed by atoms with Crippen LogP contribution in [0.25, 0.3) is 11.1 Å². The molecule has 0 fully saturated rings. The van der Waals surface area contributed by atoms with E-state index in [1.807, 2.05) is 6.07 Å². The second kappa shape index (κ2) is 5.32. The Morgan fingerprint density at radius 2 is 2.25 bits per heavy atom. The third-order valence-electron chi connectivity index (χ3n) is 3.60. The predicted molar refractivity (Wildman–Crippen MR) is 77.1 cm³/mol. The van der Waals surface area contributed by atoms with Gasteiger partial charge in [-0.3, -0.25) is 0 Å². The molecular weight excluding hydrogens is 250 g/mol. The molecule has 0 saturated heterocycles. The van der Waals surface area contributed by atoms with Crippen molar-refractivity contribution in [3.8, 4) is 17.2 Å². The molecule has 4 nitrogen and oxygen atoms in total. The zero-order chi connectivity index (χ0) is 13.9. The van der Waals surface area contributed by atoms with Gasteiger partial charge in [-0.25, -0.2) is 4.98 Å². The van der Waals surface area contributed by atoms with Crippen LogP contribution in [0.2, 0.25) is 0 Å². The Balaban J connectivity index is 2.10. The summed E-state index contributed by atoms with van der Waals surface area (Å²) in [6.45, 7) is 0.918. The zero-order valence-corrected chi connectivity index (χ0v) is 11.1. The third kappa shape index (κ3) is 2.24. The van der Waals surface area contributed by atoms with Crippen molar-refractivity contribution in [2.45, 2.75) is 19.4 Å². The summed E-state index contributed by atoms with van der Waals surface area (Å²) in [4.78, 5) is 4.45. The van der Waals surface area contributed by atoms with Gasteiger partial charge >= 0.3 is 0 Å². The Labute approximate surface area is 117 Å². The van der Waals surface area contributed by atoms with E-state index in [0.717, 1.165) is 41.9 Å². The Morgan fingerprint density at radius 3 is 3.05 bits per heavy atom. The summed E-state index contributed by atoms with van der Waals surface area (Å²) in [5.74, 6) is 0.946. The molecule has 1 aromatic heterocycles. The molecule has 20 heavy (non-hydrogen) atoms. The van der Waals surface area contributed by atoms with E-state index in [9.17, 15) is 5.11 Å². The molecule has 1 aromatic carbocycles. The minimum atomic E-state index is -0.0453. The molecule has 0 saturated carbocycles. The van der Waals surface area contributed by atoms with Crippen LogP contribution in [0.5, 0.6) is 0 Å². The number of benzene rings is 1. The van der Waals surface area contributed by atoms with Crippen LogP contribution in [-0.2, 0) is 13.0 Å². The monoisotopic (exact) mass is 265 g/mol. The van der Waals surface area contributed by atoms with Crippen molar-refractivity contribution in [1.82, 2.24) is 4.98 Å². The van der Waals surface area contributed by atoms with Crippen molar-refractivity contribution >= 4 is 5.82 Å². The van der Waals surface area contributed by atoms with Gasteiger partial charge in [-0.15, -0.1) is 0 Å². The second-order valence-corrected chi connectivity index (χ2v) is 4.90. The van der Waals surface area contributed by atoms with E-state index in [0.29, 0.717) is 5.56 Å². The van der Waals surface area contributed by atoms with Gasteiger partial charge in [-0.2, -0.15) is 5.26 Å². The molecular formula is C16H15N3O. The lowest BCUT2D eigenvalue weighted by Gasteiger charge is -2.18. The number of nitrogens with zero attached hydrogens (tertiary/aromatic N) is 2. The van der Waals surface area contributed by atoms with Gasteiger partial charge in [0.15, 0.2) is 0 Å². The number of pyridine rings is 1. The number of hydrogen-bond acceptors (Lipinski definition) is 4. The van der Waals surface area contributed by atoms with Crippen LogP contribution in [0, 0.1) is 11.3 Å². The molecule has 2 heterocycles. The average molecular weight is 265 g/mol. The highest BCUT2D eigenvalue weighted by Gasteiger charge is 2.13. The van der Waals surface area contributed by atoms with Crippen molar-refractivity contribution in [3.63, 3.8) is 0 Å². The summed E-state index contributed by atoms with van der Waals surface area (Å²) in [6.07, 6.45) is 3.91. The van der Waals surface area contributed by atoms with Gasteiger partial charge in [0.1, 0.15) is 5.82 Å². The Bertz CT molecular complexity index is 689. The van der Waals surface area contributed by atoms with E-state index in [-0.39, 0.29) is 6.61 Å². The summed E-state index contributed by atoms with van der Waals surface area (Å²) in [6, 6.07) is 9.57. The smallest absolute Gasteiger partial charge is 0.129 e. The maximum atomic E-state index is 9.47. The van der Waals surface area contributed by atoms with Crippen LogP contribution in [0.3, 0.4) is 0 Å². The molecule has 0 amide bonds. The van der Waals surface area contributed by atoms with Gasteiger partial charge in [-0.1, -0.05) is 6.07 Å². The molecule has 0 aliphatic carbocycles. The maximum absolute atomic E-state index is 9.47. The van der Waals surface area contributed by atoms with Crippen LogP contribution in [0.15, 0.2) is 30.5 Å². The Kier molecular flexibility index (Phi) is 3.36. The second-order valence-electron chi connectivity index (χ2n) is 4.90. The number of nitrogens with one attached hydrogen (secondary N) is 1. The standard InChI is InChI=1S/C16H15N3O/c17-8-11-3-4-13(10-20)15(6-11)14-7-12-2-1-5-18-16(12)19-9-14/h3-4,6-7,9,20H,1-2,5,10H2,(H,18,19). The van der Waals surface area contributed by atoms with Gasteiger partial charge in [0.25, 0.3) is 0 Å². The summed E-state index contributed by atoms with van der Waals surface area (Å²) in [5.41, 5.74) is 4.43. The van der Waals surface area contributed by atoms with E-state index in [1.54, 1.807) is 18.3 Å². The van der Waals surface area contributed by atoms with Crippen LogP contribution >= 0.6 is 0 Å². The van der Waals surface area contributed by atoms with Crippen molar-refractivity contribution in [3.05, 3.63) is 47.2 Å². The molecule has 2 aromatic rings. The first-order chi connectivity index (χ1) is 9.81. The third-order valence-corrected chi connectivity index (χ3v) is 3.60. The van der Waals surface area contributed by atoms with Crippen molar-refractivity contribution in [1.29, 1.82) is 5.26 Å². The van der Waals surface area contributed by atoms with Gasteiger partial charge in [0.2, 0.25) is 0 Å². The summed E-state index contributed by atoms with van der Waals surface area (Å²) in [5, 5.41) is 21.8. The maximum Gasteiger partial charge on any atom is 0.129 e. The molecule has 0 bridgehead atoms. The highest BCUT2D eigenvalue weighted by Crippen LogP contribution is 2.29. The quantitative estimate of drug-likeness (QED) is 0.875. The molecule has 0 unspecified atom stereocenters. The number of aliphatic hydroxyl groups excluding tert-OH is 1. The Morgan fingerprint density at radius 1 is 1.35 bits per heavy atom. The highest BCUT2D eigenvalue weighted by molar-refractivity contribution is 5.70. The lowest BCUT2D eigenvalue weighted by molar-refractivity contribution is 0.282. The topological polar surface area (TPSA) is 68.9 Å². The molecule has 0 atom stereocenters. The SMILES string of the molecule is N#Cc1ccc(CO)c(-c2cnc3c(c2)CCCN3)c1. The van der Waals surface area contributed by atoms with Gasteiger partial charge in [-0.05, 0) is 47.7 Å². The number of aliphatic hydroxyl groups is 1. The molecule has 1 aliphatic heterocycles. The fourth-order valence-corrected chi connectivity index (χ4v) is 2.55. The van der Waals surface area contributed by atoms with E-state index in [1.165, 1.54) is 5.56 Å². The largest absolute Gasteiger partial charge is 0.392 e. The van der Waals surface area contributed by atoms with Crippen molar-refractivity contribution < 1.29 is 5.11 Å². The molecule has 0 radical (unpaired) electrons. The Hall–Kier alpha value is -2.38. The summed E-state index contributed by atoms with van der Waals surface area (Å²) in [7, 11) is 0. The van der Waals surface area contributed by atoms with Crippen molar-refractivity contribution in [2.75, 3.05) is 11.9 Å². The van der Waals surface area contributed by atoms with E-state index in [2.05, 4.69) is 22.4 Å². The number of fused-ring (bicyclic) bond motifs is 1. The van der Waals surface area contributed by atoms with Gasteiger partial charge < -0.3 is 10.4 Å². The first-order valence-electron chi connectivity index (χ1n) is 6.69. The van der Waals surface area contributed by atoms with Crippen LogP contribution in [-0.4, -0.2) is 16.6 Å². The van der Waals surface area contributed by atoms with E-state index < -0.39 is 0 Å². The lowest BCUT2D eigenvalue weighted by atomic mass is 9.96. The molecule has 2 N–H and O–H groups in total. The number of aromatic nitrogens is 1. The number of hydrogen-bond donors (Lipinski definition) is 2. The first kappa shape index (κ1) is 12.6. The zero-order valence-electron chi connectivity index (χ0n) is 11.1. The predicted octanol–water partition coefficient (Wildman–Crippen LogP) is 2.47. The average Bonchev–Trinajstić information content (AvgIpc) is 2.53. The highest BCUT2D eigenvalue weighted by atomic mass is 16.3. The molecule has 0 spiro atoms. The fourth-order valence-electron chi connectivity index (χ4n) is 2.55. The lowest BCUT2D eigenvalue weighted by Crippen LogP contribution is -2.13. The number of nitriles is 1. The number of aryl methyl sites for hydroxylation is 1. The van der Waals surface area contributed by atoms with E-state index in [4.69, 9.17) is 5.26 Å². The number of rotatable bonds is 2. The molecule has 1 aliphatic rings. The molecule has 3 rings (SSSR count). The van der Waals surface area contributed by atoms with Gasteiger partial charge in [0, 0.05) is 18.3 Å². The minimum absolute atomic E-state index is 0.0453. The van der Waals surface area contributed by atoms with Crippen molar-refractivity contribution in [2.24, 2.45) is 0 Å². The van der Waals surface area contributed by atoms with Crippen LogP contribution < -0.4 is 5.32 Å². The minimum Gasteiger partial charge on any atom is -0.392 e. The fraction of sp³-hybridized carbons (Fsp3) is 0.250. The summed E-state index contributed by atoms with van der Waals surface area (Å²) >= 11 is 0. The first-order valence-corrected chi connectivity index (χ1v) is 6.69. The van der Waals surface area contributed by atoms with Crippen LogP contribution in [0.1, 0.15) is 23.1 Å².